The Morgan fingerprint density at radius 3 is 1.78 bits per heavy atom. The van der Waals surface area contributed by atoms with E-state index in [9.17, 15) is 5.11 Å². The van der Waals surface area contributed by atoms with Gasteiger partial charge in [0.2, 0.25) is 0 Å². The molecule has 2 radical (unpaired) electrons. The molecule has 0 aromatic carbocycles. The van der Waals surface area contributed by atoms with Gasteiger partial charge in [-0.05, 0) is 44.4 Å². The topological polar surface area (TPSA) is 32.3 Å². The summed E-state index contributed by atoms with van der Waals surface area (Å²) >= 11 is 0. The molecule has 0 amide bonds. The number of hydrogen-bond acceptors (Lipinski definition) is 2. The summed E-state index contributed by atoms with van der Waals surface area (Å²) in [6.45, 7) is 8.29. The van der Waals surface area contributed by atoms with Gasteiger partial charge in [-0.2, -0.15) is 0 Å². The van der Waals surface area contributed by atoms with Gasteiger partial charge in [0, 0.05) is 5.57 Å². The molecule has 178 valence electrons. The van der Waals surface area contributed by atoms with Crippen molar-refractivity contribution in [3.63, 3.8) is 0 Å². The van der Waals surface area contributed by atoms with Crippen LogP contribution in [0.5, 0.6) is 0 Å². The van der Waals surface area contributed by atoms with Gasteiger partial charge < -0.3 is 9.84 Å². The van der Waals surface area contributed by atoms with E-state index in [1.807, 2.05) is 19.9 Å². The monoisotopic (exact) mass is 650 g/mol. The van der Waals surface area contributed by atoms with Gasteiger partial charge in [-0.3, -0.25) is 0 Å². The minimum atomic E-state index is -0.264. The Morgan fingerprint density at radius 1 is 0.812 bits per heavy atom. The Balaban J connectivity index is 0.00000480. The van der Waals surface area contributed by atoms with E-state index < -0.39 is 0 Å². The van der Waals surface area contributed by atoms with E-state index in [0.717, 1.165) is 29.2 Å². The van der Waals surface area contributed by atoms with Gasteiger partial charge in [0.1, 0.15) is 0 Å². The van der Waals surface area contributed by atoms with Crippen molar-refractivity contribution in [2.24, 2.45) is 0 Å². The third-order valence-corrected chi connectivity index (χ3v) is 6.70. The van der Waals surface area contributed by atoms with Crippen LogP contribution in [0.25, 0.3) is 0 Å². The van der Waals surface area contributed by atoms with Crippen LogP contribution in [-0.2, 0) is 32.4 Å². The summed E-state index contributed by atoms with van der Waals surface area (Å²) in [6.07, 6.45) is 25.3. The van der Waals surface area contributed by atoms with Crippen LogP contribution in [0, 0.1) is 6.10 Å². The summed E-state index contributed by atoms with van der Waals surface area (Å²) in [4.78, 5) is 0. The molecule has 32 heavy (non-hydrogen) atoms. The maximum atomic E-state index is 11.9. The van der Waals surface area contributed by atoms with Crippen molar-refractivity contribution in [3.05, 3.63) is 46.5 Å². The minimum Gasteiger partial charge on any atom is -0.866 e. The number of unbranched alkanes of at least 4 members (excludes halogenated alkanes) is 13. The first-order valence-electron chi connectivity index (χ1n) is 12.6. The summed E-state index contributed by atoms with van der Waals surface area (Å²) in [7, 11) is 0. The molecule has 0 aromatic rings. The Morgan fingerprint density at radius 2 is 1.28 bits per heavy atom. The van der Waals surface area contributed by atoms with Gasteiger partial charge in [0.25, 0.3) is 0 Å². The van der Waals surface area contributed by atoms with Crippen molar-refractivity contribution in [2.75, 3.05) is 0 Å². The Labute approximate surface area is 225 Å². The molecule has 2 aliphatic rings. The van der Waals surface area contributed by atoms with Crippen molar-refractivity contribution in [3.8, 4) is 0 Å². The van der Waals surface area contributed by atoms with E-state index in [2.05, 4.69) is 25.7 Å². The fourth-order valence-electron chi connectivity index (χ4n) is 4.40. The number of halogens is 1. The second kappa shape index (κ2) is 17.4. The van der Waals surface area contributed by atoms with Crippen LogP contribution in [-0.4, -0.2) is 5.60 Å². The third-order valence-electron chi connectivity index (χ3n) is 6.70. The summed E-state index contributed by atoms with van der Waals surface area (Å²) < 4.78 is 6.34. The number of ether oxygens (including phenoxy) is 1. The summed E-state index contributed by atoms with van der Waals surface area (Å²) in [5.41, 5.74) is 5.19. The van der Waals surface area contributed by atoms with Gasteiger partial charge in [-0.1, -0.05) is 109 Å². The van der Waals surface area contributed by atoms with E-state index in [4.69, 9.17) is 4.74 Å². The van der Waals surface area contributed by atoms with Gasteiger partial charge in [0.15, 0.2) is 6.10 Å². The van der Waals surface area contributed by atoms with E-state index in [1.54, 1.807) is 0 Å². The van der Waals surface area contributed by atoms with E-state index >= 15 is 0 Å². The van der Waals surface area contributed by atoms with E-state index in [-0.39, 0.29) is 51.4 Å². The zero-order chi connectivity index (χ0) is 21.8. The molecule has 0 fully saturated rings. The molecule has 2 rings (SSSR count). The molecule has 1 atom stereocenters. The summed E-state index contributed by atoms with van der Waals surface area (Å²) in [5.74, 6) is -0.0184. The first-order valence-corrected chi connectivity index (χ1v) is 12.6. The maximum absolute atomic E-state index is 11.9. The van der Waals surface area contributed by atoms with Gasteiger partial charge in [-0.25, -0.2) is 0 Å². The van der Waals surface area contributed by atoms with E-state index in [0.29, 0.717) is 0 Å². The quantitative estimate of drug-likeness (QED) is 0.102. The molecule has 0 saturated carbocycles. The average Bonchev–Trinajstić information content (AvgIpc) is 2.73. The van der Waals surface area contributed by atoms with Gasteiger partial charge in [0.05, 0.1) is 5.60 Å². The molecular weight excluding hydrogens is 604 g/mol. The Kier molecular flexibility index (Phi) is 17.4. The second-order valence-electron chi connectivity index (χ2n) is 9.54. The molecule has 4 heteroatoms. The average molecular weight is 650 g/mol. The number of hydrogen-bond donors (Lipinski definition) is 0. The van der Waals surface area contributed by atoms with Crippen molar-refractivity contribution >= 4 is 12.4 Å². The molecule has 1 aliphatic carbocycles. The largest absolute Gasteiger partial charge is 1.00 e. The maximum Gasteiger partial charge on any atom is 1.00 e. The van der Waals surface area contributed by atoms with Crippen LogP contribution in [0.1, 0.15) is 124 Å². The van der Waals surface area contributed by atoms with Crippen LogP contribution in [0.15, 0.2) is 40.4 Å². The predicted molar refractivity (Wildman–Crippen MR) is 133 cm³/mol. The second-order valence-corrected chi connectivity index (χ2v) is 9.54. The van der Waals surface area contributed by atoms with Crippen LogP contribution in [0.2, 0.25) is 0 Å². The molecule has 0 N–H and O–H groups in total. The smallest absolute Gasteiger partial charge is 0.866 e. The fraction of sp³-hybridized carbons (Fsp3) is 0.714. The van der Waals surface area contributed by atoms with Crippen LogP contribution < -0.4 is 5.11 Å². The first-order chi connectivity index (χ1) is 14.5. The Bertz CT molecular complexity index is 660. The zero-order valence-corrected chi connectivity index (χ0v) is 27.5. The number of fused-ring (bicyclic) bond motifs is 1. The van der Waals surface area contributed by atoms with Crippen molar-refractivity contribution in [1.82, 2.24) is 0 Å². The molecule has 1 aliphatic heterocycles. The van der Waals surface area contributed by atoms with Crippen LogP contribution in [0.4, 0.5) is 0 Å². The van der Waals surface area contributed by atoms with Gasteiger partial charge in [-0.15, -0.1) is 18.1 Å². The van der Waals surface area contributed by atoms with E-state index in [1.165, 1.54) is 89.9 Å². The van der Waals surface area contributed by atoms with Crippen LogP contribution >= 0.6 is 12.4 Å². The van der Waals surface area contributed by atoms with Crippen LogP contribution in [0.3, 0.4) is 0 Å². The number of rotatable bonds is 15. The molecule has 1 heterocycles. The SMILES string of the molecule is CCCCCCCCCCCCCCCCC1(C)C=CC2=C=C([O-])C(C)=C(C)[C]2O1.Cl.[Hg+]. The Hall–Kier alpha value is -0.0149. The molecule has 1 unspecified atom stereocenters. The normalized spacial score (nSPS) is 20.2. The summed E-state index contributed by atoms with van der Waals surface area (Å²) in [6, 6.07) is 0. The van der Waals surface area contributed by atoms with Crippen molar-refractivity contribution in [2.45, 2.75) is 130 Å². The molecule has 0 saturated heterocycles. The third kappa shape index (κ3) is 10.9. The molecule has 0 bridgehead atoms. The standard InChI is InChI=1S/C28H45O2.ClH.Hg/c1-5-6-7-8-9-10-11-12-13-14-15-16-17-18-20-28(4)21-19-25-22-26(29)23(2)24(3)27(25)30-28;;/h19,21,29H,5-18,20H2,1-4H3;1H;/q;;+1/p-1. The summed E-state index contributed by atoms with van der Waals surface area (Å²) in [5, 5.41) is 11.9. The minimum absolute atomic E-state index is 0. The predicted octanol–water partition coefficient (Wildman–Crippen LogP) is 8.27. The molecular formula is C28H45ClHgO2. The zero-order valence-electron chi connectivity index (χ0n) is 21.2. The van der Waals surface area contributed by atoms with Gasteiger partial charge >= 0.3 is 27.7 Å². The molecule has 2 nitrogen and oxygen atoms in total. The fourth-order valence-corrected chi connectivity index (χ4v) is 4.40. The van der Waals surface area contributed by atoms with Crippen molar-refractivity contribution in [1.29, 1.82) is 0 Å². The van der Waals surface area contributed by atoms with Crippen molar-refractivity contribution < 1.29 is 37.5 Å². The molecule has 0 aromatic heterocycles. The molecule has 0 spiro atoms. The first kappa shape index (κ1) is 32.0.